The van der Waals surface area contributed by atoms with E-state index in [1.807, 2.05) is 30.5 Å². The number of aromatic nitrogens is 4. The first-order valence-corrected chi connectivity index (χ1v) is 11.5. The molecule has 0 aliphatic heterocycles. The van der Waals surface area contributed by atoms with Gasteiger partial charge in [0.2, 0.25) is 5.95 Å². The number of hydrogen-bond donors (Lipinski definition) is 2. The van der Waals surface area contributed by atoms with Gasteiger partial charge in [0, 0.05) is 23.2 Å². The van der Waals surface area contributed by atoms with Gasteiger partial charge in [-0.1, -0.05) is 6.92 Å². The topological polar surface area (TPSA) is 75.7 Å². The fourth-order valence-corrected chi connectivity index (χ4v) is 4.99. The molecule has 5 rings (SSSR count). The number of methoxy groups -OCH3 is 1. The summed E-state index contributed by atoms with van der Waals surface area (Å²) < 4.78 is 19.1. The van der Waals surface area contributed by atoms with Crippen LogP contribution in [0.3, 0.4) is 0 Å². The molecule has 4 aromatic rings. The fraction of sp³-hybridized carbons (Fsp3) is 0.346. The third kappa shape index (κ3) is 4.53. The Labute approximate surface area is 192 Å². The van der Waals surface area contributed by atoms with Crippen LogP contribution in [-0.4, -0.2) is 27.3 Å². The molecule has 0 radical (unpaired) electrons. The molecule has 7 heteroatoms. The van der Waals surface area contributed by atoms with Crippen LogP contribution in [0, 0.1) is 11.7 Å². The number of ether oxygens (including phenoxy) is 1. The summed E-state index contributed by atoms with van der Waals surface area (Å²) in [7, 11) is 1.65. The molecule has 0 bridgehead atoms. The number of benzene rings is 2. The predicted octanol–water partition coefficient (Wildman–Crippen LogP) is 6.32. The molecule has 0 amide bonds. The maximum Gasteiger partial charge on any atom is 0.246 e. The van der Waals surface area contributed by atoms with Crippen LogP contribution in [0.5, 0.6) is 5.75 Å². The van der Waals surface area contributed by atoms with Crippen molar-refractivity contribution in [2.45, 2.75) is 44.4 Å². The summed E-state index contributed by atoms with van der Waals surface area (Å²) in [5.74, 6) is 3.34. The van der Waals surface area contributed by atoms with Crippen LogP contribution in [0.1, 0.15) is 55.8 Å². The zero-order valence-corrected chi connectivity index (χ0v) is 18.9. The van der Waals surface area contributed by atoms with Crippen molar-refractivity contribution in [1.82, 2.24) is 20.2 Å². The number of nitrogens with zero attached hydrogens (tertiary/aromatic N) is 3. The summed E-state index contributed by atoms with van der Waals surface area (Å²) in [6, 6.07) is 14.6. The van der Waals surface area contributed by atoms with Gasteiger partial charge in [-0.05, 0) is 91.6 Å². The number of aromatic amines is 1. The first kappa shape index (κ1) is 21.4. The molecule has 1 saturated carbocycles. The van der Waals surface area contributed by atoms with Gasteiger partial charge in [-0.15, -0.1) is 5.10 Å². The Morgan fingerprint density at radius 1 is 1.06 bits per heavy atom. The van der Waals surface area contributed by atoms with E-state index in [1.165, 1.54) is 11.6 Å². The molecular formula is C26H28FN5O. The second-order valence-corrected chi connectivity index (χ2v) is 8.86. The maximum absolute atomic E-state index is 13.9. The molecule has 170 valence electrons. The number of anilines is 2. The molecule has 1 aliphatic rings. The summed E-state index contributed by atoms with van der Waals surface area (Å²) in [6.45, 7) is 2.22. The predicted molar refractivity (Wildman–Crippen MR) is 127 cm³/mol. The van der Waals surface area contributed by atoms with E-state index in [0.29, 0.717) is 17.8 Å². The number of rotatable bonds is 6. The van der Waals surface area contributed by atoms with Gasteiger partial charge in [0.15, 0.2) is 0 Å². The highest BCUT2D eigenvalue weighted by molar-refractivity contribution is 5.82. The largest absolute Gasteiger partial charge is 0.497 e. The number of H-pyrrole nitrogens is 1. The monoisotopic (exact) mass is 445 g/mol. The van der Waals surface area contributed by atoms with E-state index in [4.69, 9.17) is 9.72 Å². The lowest BCUT2D eigenvalue weighted by Gasteiger charge is -2.32. The molecule has 2 aromatic heterocycles. The van der Waals surface area contributed by atoms with Crippen LogP contribution in [0.15, 0.2) is 54.7 Å². The molecule has 2 heterocycles. The molecule has 1 aliphatic carbocycles. The van der Waals surface area contributed by atoms with Crippen molar-refractivity contribution in [3.63, 3.8) is 0 Å². The van der Waals surface area contributed by atoms with Crippen molar-refractivity contribution in [3.05, 3.63) is 71.9 Å². The highest BCUT2D eigenvalue weighted by Gasteiger charge is 2.29. The van der Waals surface area contributed by atoms with Crippen LogP contribution < -0.4 is 10.1 Å². The molecular weight excluding hydrogens is 417 g/mol. The van der Waals surface area contributed by atoms with Crippen LogP contribution in [0.25, 0.3) is 10.9 Å². The fourth-order valence-electron chi connectivity index (χ4n) is 4.99. The lowest BCUT2D eigenvalue weighted by atomic mass is 9.73. The van der Waals surface area contributed by atoms with Gasteiger partial charge in [-0.3, -0.25) is 10.1 Å². The van der Waals surface area contributed by atoms with Gasteiger partial charge in [-0.25, -0.2) is 4.39 Å². The molecule has 2 aromatic carbocycles. The first-order chi connectivity index (χ1) is 16.1. The maximum atomic E-state index is 13.9. The van der Waals surface area contributed by atoms with Crippen LogP contribution in [0.2, 0.25) is 0 Å². The summed E-state index contributed by atoms with van der Waals surface area (Å²) in [5, 5.41) is 11.7. The van der Waals surface area contributed by atoms with Crippen molar-refractivity contribution in [2.75, 3.05) is 12.4 Å². The van der Waals surface area contributed by atoms with Crippen LogP contribution >= 0.6 is 0 Å². The second-order valence-electron chi connectivity index (χ2n) is 8.86. The van der Waals surface area contributed by atoms with Crippen LogP contribution in [0.4, 0.5) is 16.0 Å². The van der Waals surface area contributed by atoms with Gasteiger partial charge < -0.3 is 10.1 Å². The highest BCUT2D eigenvalue weighted by Crippen LogP contribution is 2.42. The van der Waals surface area contributed by atoms with E-state index < -0.39 is 0 Å². The summed E-state index contributed by atoms with van der Waals surface area (Å²) >= 11 is 0. The van der Waals surface area contributed by atoms with E-state index in [0.717, 1.165) is 53.8 Å². The molecule has 0 spiro atoms. The number of nitrogens with one attached hydrogen (secondary N) is 2. The minimum Gasteiger partial charge on any atom is -0.497 e. The second kappa shape index (κ2) is 9.17. The molecule has 0 saturated heterocycles. The summed E-state index contributed by atoms with van der Waals surface area (Å²) in [4.78, 5) is 9.10. The third-order valence-corrected chi connectivity index (χ3v) is 6.94. The Morgan fingerprint density at radius 2 is 1.85 bits per heavy atom. The Hall–Kier alpha value is -3.48. The minimum atomic E-state index is -0.205. The smallest absolute Gasteiger partial charge is 0.246 e. The highest BCUT2D eigenvalue weighted by atomic mass is 19.1. The molecule has 6 nitrogen and oxygen atoms in total. The van der Waals surface area contributed by atoms with E-state index in [1.54, 1.807) is 19.2 Å². The zero-order chi connectivity index (χ0) is 22.8. The Morgan fingerprint density at radius 3 is 2.61 bits per heavy atom. The average Bonchev–Trinajstić information content (AvgIpc) is 3.32. The van der Waals surface area contributed by atoms with Crippen molar-refractivity contribution in [3.8, 4) is 5.75 Å². The lowest BCUT2D eigenvalue weighted by Crippen LogP contribution is -2.19. The van der Waals surface area contributed by atoms with Crippen molar-refractivity contribution < 1.29 is 9.13 Å². The molecule has 1 fully saturated rings. The summed E-state index contributed by atoms with van der Waals surface area (Å²) in [6.07, 6.45) is 6.21. The normalized spacial score (nSPS) is 19.4. The van der Waals surface area contributed by atoms with Gasteiger partial charge in [-0.2, -0.15) is 4.98 Å². The SMILES string of the molecule is COc1ccc(Nc2n[nH]c([C@H](C)C3CCC(c4ccnc5ccc(F)cc45)CC3)n2)cc1. The number of pyridine rings is 1. The third-order valence-electron chi connectivity index (χ3n) is 6.94. The first-order valence-electron chi connectivity index (χ1n) is 11.5. The van der Waals surface area contributed by atoms with Crippen molar-refractivity contribution in [2.24, 2.45) is 5.92 Å². The minimum absolute atomic E-state index is 0.205. The van der Waals surface area contributed by atoms with E-state index in [2.05, 4.69) is 33.5 Å². The number of fused-ring (bicyclic) bond motifs is 1. The van der Waals surface area contributed by atoms with E-state index in [-0.39, 0.29) is 11.7 Å². The van der Waals surface area contributed by atoms with E-state index in [9.17, 15) is 4.39 Å². The average molecular weight is 446 g/mol. The van der Waals surface area contributed by atoms with E-state index >= 15 is 0 Å². The van der Waals surface area contributed by atoms with Crippen molar-refractivity contribution in [1.29, 1.82) is 0 Å². The van der Waals surface area contributed by atoms with Gasteiger partial charge in [0.05, 0.1) is 12.6 Å². The Bertz CT molecular complexity index is 1230. The molecule has 1 atom stereocenters. The summed E-state index contributed by atoms with van der Waals surface area (Å²) in [5.41, 5.74) is 3.00. The zero-order valence-electron chi connectivity index (χ0n) is 18.9. The Kier molecular flexibility index (Phi) is 5.94. The van der Waals surface area contributed by atoms with Gasteiger partial charge in [0.25, 0.3) is 0 Å². The van der Waals surface area contributed by atoms with Gasteiger partial charge >= 0.3 is 0 Å². The van der Waals surface area contributed by atoms with Gasteiger partial charge in [0.1, 0.15) is 17.4 Å². The van der Waals surface area contributed by atoms with Crippen LogP contribution in [-0.2, 0) is 0 Å². The number of halogens is 1. The quantitative estimate of drug-likeness (QED) is 0.363. The molecule has 0 unspecified atom stereocenters. The molecule has 33 heavy (non-hydrogen) atoms. The Balaban J connectivity index is 1.23. The lowest BCUT2D eigenvalue weighted by molar-refractivity contribution is 0.286. The molecule has 2 N–H and O–H groups in total. The number of hydrogen-bond acceptors (Lipinski definition) is 5. The van der Waals surface area contributed by atoms with Crippen molar-refractivity contribution >= 4 is 22.5 Å². The standard InChI is InChI=1S/C26H28FN5O/c1-16(25-30-26(32-31-25)29-20-8-10-21(33-2)11-9-20)17-3-5-18(6-4-17)22-13-14-28-24-12-7-19(27)15-23(22)24/h7-18H,3-6H2,1-2H3,(H2,29,30,31,32)/t16-,17?,18?/m1/s1.